The summed E-state index contributed by atoms with van der Waals surface area (Å²) in [5.41, 5.74) is 2.07. The van der Waals surface area contributed by atoms with Crippen molar-refractivity contribution in [3.63, 3.8) is 0 Å². The van der Waals surface area contributed by atoms with Crippen LogP contribution in [0.15, 0.2) is 71.1 Å². The predicted octanol–water partition coefficient (Wildman–Crippen LogP) is 5.09. The van der Waals surface area contributed by atoms with Gasteiger partial charge in [0, 0.05) is 5.56 Å². The summed E-state index contributed by atoms with van der Waals surface area (Å²) in [6, 6.07) is 19.6. The van der Waals surface area contributed by atoms with E-state index in [0.29, 0.717) is 29.8 Å². The number of nitrogens with zero attached hydrogens (tertiary/aromatic N) is 2. The molecule has 3 rings (SSSR count). The normalized spacial score (nSPS) is 11.3. The highest BCUT2D eigenvalue weighted by molar-refractivity contribution is 5.92. The van der Waals surface area contributed by atoms with Crippen molar-refractivity contribution in [3.8, 4) is 11.3 Å². The van der Waals surface area contributed by atoms with E-state index < -0.39 is 11.8 Å². The maximum Gasteiger partial charge on any atom is 0.288 e. The van der Waals surface area contributed by atoms with Gasteiger partial charge in [0.1, 0.15) is 12.4 Å². The van der Waals surface area contributed by atoms with Crippen molar-refractivity contribution in [1.29, 1.82) is 0 Å². The lowest BCUT2D eigenvalue weighted by Gasteiger charge is -2.23. The van der Waals surface area contributed by atoms with E-state index in [1.54, 1.807) is 30.3 Å². The molecule has 0 radical (unpaired) electrons. The number of hydrogen-bond acceptors (Lipinski definition) is 5. The van der Waals surface area contributed by atoms with Crippen LogP contribution in [0.3, 0.4) is 0 Å². The monoisotopic (exact) mass is 516 g/mol. The summed E-state index contributed by atoms with van der Waals surface area (Å²) in [6.45, 7) is 9.43. The number of rotatable bonds is 15. The van der Waals surface area contributed by atoms with Crippen molar-refractivity contribution >= 4 is 23.9 Å². The van der Waals surface area contributed by atoms with Crippen molar-refractivity contribution in [2.75, 3.05) is 13.2 Å². The lowest BCUT2D eigenvalue weighted by molar-refractivity contribution is -0.182. The number of carbonyl (C=O) groups excluding carboxylic acids is 3. The van der Waals surface area contributed by atoms with E-state index in [2.05, 4.69) is 22.4 Å². The van der Waals surface area contributed by atoms with E-state index in [9.17, 15) is 14.4 Å². The van der Waals surface area contributed by atoms with Crippen molar-refractivity contribution in [1.82, 2.24) is 15.7 Å². The Kier molecular flexibility index (Phi) is 11.1. The van der Waals surface area contributed by atoms with Crippen LogP contribution in [0.1, 0.15) is 48.7 Å². The lowest BCUT2D eigenvalue weighted by atomic mass is 10.0. The topological polar surface area (TPSA) is 105 Å². The quantitative estimate of drug-likeness (QED) is 0.0963. The van der Waals surface area contributed by atoms with Gasteiger partial charge < -0.3 is 15.1 Å². The van der Waals surface area contributed by atoms with Crippen molar-refractivity contribution in [3.05, 3.63) is 89.5 Å². The van der Waals surface area contributed by atoms with Crippen LogP contribution < -0.4 is 10.6 Å². The highest BCUT2D eigenvalue weighted by atomic mass is 16.7. The van der Waals surface area contributed by atoms with Crippen molar-refractivity contribution < 1.29 is 23.6 Å². The zero-order valence-corrected chi connectivity index (χ0v) is 21.4. The molecule has 9 nitrogen and oxygen atoms in total. The van der Waals surface area contributed by atoms with Crippen LogP contribution in [-0.4, -0.2) is 36.5 Å². The number of hydroxylamine groups is 2. The summed E-state index contributed by atoms with van der Waals surface area (Å²) in [5, 5.41) is 6.50. The Morgan fingerprint density at radius 2 is 1.89 bits per heavy atom. The first kappa shape index (κ1) is 28.2. The van der Waals surface area contributed by atoms with E-state index in [1.165, 1.54) is 6.07 Å². The third kappa shape index (κ3) is 8.61. The van der Waals surface area contributed by atoms with Gasteiger partial charge in [-0.25, -0.2) is 9.91 Å². The average molecular weight is 517 g/mol. The minimum atomic E-state index is -0.496. The largest absolute Gasteiger partial charge is 0.451 e. The van der Waals surface area contributed by atoms with Crippen LogP contribution in [0.2, 0.25) is 0 Å². The molecule has 2 aromatic carbocycles. The van der Waals surface area contributed by atoms with Crippen LogP contribution >= 0.6 is 0 Å². The smallest absolute Gasteiger partial charge is 0.288 e. The van der Waals surface area contributed by atoms with Crippen LogP contribution in [-0.2, 0) is 21.0 Å². The van der Waals surface area contributed by atoms with E-state index >= 15 is 0 Å². The molecule has 9 heteroatoms. The van der Waals surface area contributed by atoms with E-state index in [-0.39, 0.29) is 31.5 Å². The summed E-state index contributed by atoms with van der Waals surface area (Å²) in [7, 11) is 0. The van der Waals surface area contributed by atoms with Gasteiger partial charge in [-0.05, 0) is 30.2 Å². The van der Waals surface area contributed by atoms with Crippen molar-refractivity contribution in [2.24, 2.45) is 5.92 Å². The fraction of sp³-hybridized carbons (Fsp3) is 0.310. The summed E-state index contributed by atoms with van der Waals surface area (Å²) < 4.78 is 5.64. The highest BCUT2D eigenvalue weighted by Crippen LogP contribution is 2.26. The maximum atomic E-state index is 12.9. The third-order valence-corrected chi connectivity index (χ3v) is 5.89. The molecule has 1 atom stereocenters. The number of furan rings is 1. The lowest BCUT2D eigenvalue weighted by Crippen LogP contribution is -2.43. The van der Waals surface area contributed by atoms with Gasteiger partial charge in [-0.3, -0.25) is 19.2 Å². The predicted molar refractivity (Wildman–Crippen MR) is 143 cm³/mol. The van der Waals surface area contributed by atoms with Gasteiger partial charge in [-0.1, -0.05) is 74.7 Å². The second-order valence-electron chi connectivity index (χ2n) is 8.71. The molecule has 0 aliphatic heterocycles. The summed E-state index contributed by atoms with van der Waals surface area (Å²) >= 11 is 0. The number of hydrogen-bond donors (Lipinski definition) is 2. The standard InChI is InChI=1S/C29H32N4O5/c1-3-4-6-12-24(18-33(21-34)37-19-22-10-7-5-8-11-22)28(35)31-20-32-29(36)27-16-15-26(38-27)23-13-9-14-25(17-23)30-2/h5,7-11,13-17,21,24H,3-4,6,12,18-20H2,1H3,(H,31,35)(H,32,36)/t24-/m1/s1. The van der Waals surface area contributed by atoms with E-state index in [4.69, 9.17) is 15.8 Å². The molecule has 2 N–H and O–H groups in total. The van der Waals surface area contributed by atoms with Gasteiger partial charge in [0.2, 0.25) is 12.3 Å². The average Bonchev–Trinajstić information content (AvgIpc) is 3.45. The Morgan fingerprint density at radius 1 is 1.08 bits per heavy atom. The summed E-state index contributed by atoms with van der Waals surface area (Å²) in [4.78, 5) is 46.1. The molecule has 0 saturated heterocycles. The number of unbranched alkanes of at least 4 members (excludes halogenated alkanes) is 2. The Hall–Kier alpha value is -4.42. The molecular formula is C29H32N4O5. The fourth-order valence-electron chi connectivity index (χ4n) is 3.81. The zero-order chi connectivity index (χ0) is 27.2. The first-order valence-electron chi connectivity index (χ1n) is 12.6. The first-order valence-corrected chi connectivity index (χ1v) is 12.6. The van der Waals surface area contributed by atoms with E-state index in [1.807, 2.05) is 30.3 Å². The molecule has 1 aromatic heterocycles. The minimum Gasteiger partial charge on any atom is -0.451 e. The molecule has 0 spiro atoms. The van der Waals surface area contributed by atoms with Gasteiger partial charge in [-0.2, -0.15) is 0 Å². The molecule has 0 unspecified atom stereocenters. The second-order valence-corrected chi connectivity index (χ2v) is 8.71. The molecule has 0 aliphatic rings. The third-order valence-electron chi connectivity index (χ3n) is 5.89. The highest BCUT2D eigenvalue weighted by Gasteiger charge is 2.22. The number of amides is 3. The Morgan fingerprint density at radius 3 is 2.63 bits per heavy atom. The number of carbonyl (C=O) groups is 3. The van der Waals surface area contributed by atoms with E-state index in [0.717, 1.165) is 29.9 Å². The molecule has 38 heavy (non-hydrogen) atoms. The minimum absolute atomic E-state index is 0.0865. The number of nitrogens with one attached hydrogen (secondary N) is 2. The number of benzene rings is 2. The maximum absolute atomic E-state index is 12.9. The van der Waals surface area contributed by atoms with Crippen molar-refractivity contribution in [2.45, 2.75) is 39.2 Å². The summed E-state index contributed by atoms with van der Waals surface area (Å²) in [6.07, 6.45) is 3.95. The van der Waals surface area contributed by atoms with Gasteiger partial charge in [-0.15, -0.1) is 0 Å². The second kappa shape index (κ2) is 15.0. The van der Waals surface area contributed by atoms with Gasteiger partial charge >= 0.3 is 0 Å². The van der Waals surface area contributed by atoms with Crippen LogP contribution in [0.5, 0.6) is 0 Å². The molecule has 3 aromatic rings. The first-order chi connectivity index (χ1) is 18.5. The molecule has 1 heterocycles. The molecule has 198 valence electrons. The van der Waals surface area contributed by atoms with Gasteiger partial charge in [0.15, 0.2) is 11.4 Å². The summed E-state index contributed by atoms with van der Waals surface area (Å²) in [5.74, 6) is -0.716. The van der Waals surface area contributed by atoms with Crippen LogP contribution in [0.4, 0.5) is 5.69 Å². The SMILES string of the molecule is [C-]#[N+]c1cccc(-c2ccc(C(=O)NCNC(=O)[C@H](CCCCC)CN(C=O)OCc3ccccc3)o2)c1. The fourth-order valence-corrected chi connectivity index (χ4v) is 3.81. The molecule has 3 amide bonds. The molecular weight excluding hydrogens is 484 g/mol. The molecule has 0 aliphatic carbocycles. The van der Waals surface area contributed by atoms with Crippen LogP contribution in [0, 0.1) is 12.5 Å². The molecule has 0 bridgehead atoms. The Balaban J connectivity index is 1.53. The Bertz CT molecular complexity index is 1240. The van der Waals surface area contributed by atoms with Gasteiger partial charge in [0.05, 0.1) is 25.7 Å². The molecule has 0 saturated carbocycles. The molecule has 0 fully saturated rings. The Labute approximate surface area is 222 Å². The van der Waals surface area contributed by atoms with Crippen LogP contribution in [0.25, 0.3) is 16.2 Å². The zero-order valence-electron chi connectivity index (χ0n) is 21.4. The van der Waals surface area contributed by atoms with Gasteiger partial charge in [0.25, 0.3) is 5.91 Å².